The molecule has 1 fully saturated rings. The molecule has 1 aromatic heterocycles. The molecule has 4 rings (SSSR count). The average Bonchev–Trinajstić information content (AvgIpc) is 3.43. The van der Waals surface area contributed by atoms with Crippen LogP contribution in [0, 0.1) is 5.92 Å². The van der Waals surface area contributed by atoms with Gasteiger partial charge < -0.3 is 5.32 Å². The van der Waals surface area contributed by atoms with Crippen LogP contribution in [0.15, 0.2) is 66.9 Å². The molecule has 1 aliphatic rings. The van der Waals surface area contributed by atoms with Crippen LogP contribution in [0.1, 0.15) is 23.6 Å². The Morgan fingerprint density at radius 2 is 1.88 bits per heavy atom. The molecule has 0 unspecified atom stereocenters. The fourth-order valence-corrected chi connectivity index (χ4v) is 3.39. The SMILES string of the molecule is O=C(NCCc1ccccn1)[C@H]1C[C@H]1c1cccc2ccccc12. The van der Waals surface area contributed by atoms with Gasteiger partial charge in [-0.1, -0.05) is 48.5 Å². The molecule has 3 nitrogen and oxygen atoms in total. The Balaban J connectivity index is 1.38. The first-order chi connectivity index (χ1) is 11.8. The summed E-state index contributed by atoms with van der Waals surface area (Å²) in [7, 11) is 0. The maximum Gasteiger partial charge on any atom is 0.223 e. The van der Waals surface area contributed by atoms with E-state index in [4.69, 9.17) is 0 Å². The molecule has 3 heteroatoms. The lowest BCUT2D eigenvalue weighted by atomic mass is 10.00. The maximum atomic E-state index is 12.4. The van der Waals surface area contributed by atoms with Crippen molar-refractivity contribution in [1.82, 2.24) is 10.3 Å². The maximum absolute atomic E-state index is 12.4. The molecule has 0 aliphatic heterocycles. The van der Waals surface area contributed by atoms with Crippen LogP contribution in [0.5, 0.6) is 0 Å². The predicted molar refractivity (Wildman–Crippen MR) is 95.7 cm³/mol. The summed E-state index contributed by atoms with van der Waals surface area (Å²) in [6.07, 6.45) is 3.51. The van der Waals surface area contributed by atoms with E-state index in [0.29, 0.717) is 12.5 Å². The number of amides is 1. The molecule has 2 atom stereocenters. The second-order valence-electron chi connectivity index (χ2n) is 6.38. The van der Waals surface area contributed by atoms with Gasteiger partial charge >= 0.3 is 0 Å². The first kappa shape index (κ1) is 14.9. The minimum Gasteiger partial charge on any atom is -0.355 e. The first-order valence-corrected chi connectivity index (χ1v) is 8.48. The van der Waals surface area contributed by atoms with Gasteiger partial charge in [0, 0.05) is 30.8 Å². The number of benzene rings is 2. The van der Waals surface area contributed by atoms with Gasteiger partial charge in [-0.15, -0.1) is 0 Å². The highest BCUT2D eigenvalue weighted by Gasteiger charge is 2.44. The third-order valence-corrected chi connectivity index (χ3v) is 4.76. The number of hydrogen-bond donors (Lipinski definition) is 1. The zero-order valence-electron chi connectivity index (χ0n) is 13.5. The quantitative estimate of drug-likeness (QED) is 0.780. The summed E-state index contributed by atoms with van der Waals surface area (Å²) in [5.41, 5.74) is 2.32. The van der Waals surface area contributed by atoms with Crippen LogP contribution in [0.2, 0.25) is 0 Å². The zero-order chi connectivity index (χ0) is 16.4. The summed E-state index contributed by atoms with van der Waals surface area (Å²) in [4.78, 5) is 16.7. The molecular formula is C21H20N2O. The minimum absolute atomic E-state index is 0.111. The van der Waals surface area contributed by atoms with Crippen molar-refractivity contribution in [2.24, 2.45) is 5.92 Å². The van der Waals surface area contributed by atoms with Crippen molar-refractivity contribution >= 4 is 16.7 Å². The van der Waals surface area contributed by atoms with E-state index in [9.17, 15) is 4.79 Å². The number of hydrogen-bond acceptors (Lipinski definition) is 2. The molecule has 1 heterocycles. The lowest BCUT2D eigenvalue weighted by Gasteiger charge is -2.07. The molecule has 0 radical (unpaired) electrons. The third-order valence-electron chi connectivity index (χ3n) is 4.76. The van der Waals surface area contributed by atoms with E-state index in [0.717, 1.165) is 18.5 Å². The number of rotatable bonds is 5. The molecule has 1 N–H and O–H groups in total. The molecule has 2 aromatic carbocycles. The van der Waals surface area contributed by atoms with Crippen molar-refractivity contribution in [3.05, 3.63) is 78.1 Å². The number of fused-ring (bicyclic) bond motifs is 1. The molecule has 1 saturated carbocycles. The summed E-state index contributed by atoms with van der Waals surface area (Å²) < 4.78 is 0. The third kappa shape index (κ3) is 3.02. The van der Waals surface area contributed by atoms with E-state index in [1.807, 2.05) is 18.2 Å². The van der Waals surface area contributed by atoms with Crippen LogP contribution in [0.3, 0.4) is 0 Å². The summed E-state index contributed by atoms with van der Waals surface area (Å²) in [6.45, 7) is 0.647. The lowest BCUT2D eigenvalue weighted by molar-refractivity contribution is -0.122. The van der Waals surface area contributed by atoms with Crippen LogP contribution in [0.4, 0.5) is 0 Å². The molecule has 24 heavy (non-hydrogen) atoms. The predicted octanol–water partition coefficient (Wildman–Crippen LogP) is 3.70. The van der Waals surface area contributed by atoms with Gasteiger partial charge in [0.05, 0.1) is 0 Å². The Bertz CT molecular complexity index is 855. The van der Waals surface area contributed by atoms with Gasteiger partial charge in [-0.05, 0) is 40.8 Å². The molecule has 120 valence electrons. The number of carbonyl (C=O) groups is 1. The number of pyridine rings is 1. The normalized spacial score (nSPS) is 19.2. The molecule has 3 aromatic rings. The van der Waals surface area contributed by atoms with Gasteiger partial charge in [0.25, 0.3) is 0 Å². The van der Waals surface area contributed by atoms with Crippen molar-refractivity contribution in [1.29, 1.82) is 0 Å². The number of nitrogens with zero attached hydrogens (tertiary/aromatic N) is 1. The Labute approximate surface area is 141 Å². The Hall–Kier alpha value is -2.68. The van der Waals surface area contributed by atoms with E-state index in [1.54, 1.807) is 6.20 Å². The van der Waals surface area contributed by atoms with Crippen molar-refractivity contribution in [3.8, 4) is 0 Å². The standard InChI is InChI=1S/C21H20N2O/c24-21(23-13-11-16-8-3-4-12-22-16)20-14-19(20)18-10-5-7-15-6-1-2-9-17(15)18/h1-10,12,19-20H,11,13-14H2,(H,23,24)/t19-,20-/m0/s1. The van der Waals surface area contributed by atoms with Gasteiger partial charge in [-0.2, -0.15) is 0 Å². The van der Waals surface area contributed by atoms with E-state index >= 15 is 0 Å². The van der Waals surface area contributed by atoms with Crippen molar-refractivity contribution in [3.63, 3.8) is 0 Å². The summed E-state index contributed by atoms with van der Waals surface area (Å²) >= 11 is 0. The van der Waals surface area contributed by atoms with Crippen LogP contribution >= 0.6 is 0 Å². The second kappa shape index (κ2) is 6.44. The topological polar surface area (TPSA) is 42.0 Å². The minimum atomic E-state index is 0.111. The summed E-state index contributed by atoms with van der Waals surface area (Å²) in [5, 5.41) is 5.58. The van der Waals surface area contributed by atoms with Crippen molar-refractivity contribution < 1.29 is 4.79 Å². The molecular weight excluding hydrogens is 296 g/mol. The number of carbonyl (C=O) groups excluding carboxylic acids is 1. The monoisotopic (exact) mass is 316 g/mol. The molecule has 1 amide bonds. The van der Waals surface area contributed by atoms with Crippen LogP contribution in [0.25, 0.3) is 10.8 Å². The highest BCUT2D eigenvalue weighted by molar-refractivity contribution is 5.89. The first-order valence-electron chi connectivity index (χ1n) is 8.48. The van der Waals surface area contributed by atoms with Gasteiger partial charge in [0.15, 0.2) is 0 Å². The smallest absolute Gasteiger partial charge is 0.223 e. The molecule has 1 aliphatic carbocycles. The second-order valence-corrected chi connectivity index (χ2v) is 6.38. The van der Waals surface area contributed by atoms with Crippen LogP contribution in [-0.4, -0.2) is 17.4 Å². The molecule has 0 bridgehead atoms. The summed E-state index contributed by atoms with van der Waals surface area (Å²) in [6, 6.07) is 20.6. The highest BCUT2D eigenvalue weighted by atomic mass is 16.2. The highest BCUT2D eigenvalue weighted by Crippen LogP contribution is 2.49. The number of nitrogens with one attached hydrogen (secondary N) is 1. The fourth-order valence-electron chi connectivity index (χ4n) is 3.39. The summed E-state index contributed by atoms with van der Waals surface area (Å²) in [5.74, 6) is 0.634. The van der Waals surface area contributed by atoms with Gasteiger partial charge in [0.1, 0.15) is 0 Å². The van der Waals surface area contributed by atoms with Crippen LogP contribution in [-0.2, 0) is 11.2 Å². The van der Waals surface area contributed by atoms with E-state index in [2.05, 4.69) is 52.8 Å². The van der Waals surface area contributed by atoms with E-state index in [-0.39, 0.29) is 11.8 Å². The largest absolute Gasteiger partial charge is 0.355 e. The number of aromatic nitrogens is 1. The Morgan fingerprint density at radius 1 is 1.04 bits per heavy atom. The average molecular weight is 316 g/mol. The van der Waals surface area contributed by atoms with Crippen LogP contribution < -0.4 is 5.32 Å². The van der Waals surface area contributed by atoms with Gasteiger partial charge in [0.2, 0.25) is 5.91 Å². The zero-order valence-corrected chi connectivity index (χ0v) is 13.5. The van der Waals surface area contributed by atoms with Gasteiger partial charge in [-0.25, -0.2) is 0 Å². The van der Waals surface area contributed by atoms with E-state index < -0.39 is 0 Å². The Morgan fingerprint density at radius 3 is 2.75 bits per heavy atom. The lowest BCUT2D eigenvalue weighted by Crippen LogP contribution is -2.27. The molecule has 0 spiro atoms. The van der Waals surface area contributed by atoms with Gasteiger partial charge in [-0.3, -0.25) is 9.78 Å². The van der Waals surface area contributed by atoms with E-state index in [1.165, 1.54) is 16.3 Å². The van der Waals surface area contributed by atoms with Crippen molar-refractivity contribution in [2.75, 3.05) is 6.54 Å². The molecule has 0 saturated heterocycles. The Kier molecular flexibility index (Phi) is 3.99. The fraction of sp³-hybridized carbons (Fsp3) is 0.238. The van der Waals surface area contributed by atoms with Crippen molar-refractivity contribution in [2.45, 2.75) is 18.8 Å².